The maximum absolute atomic E-state index is 4.67. The Kier molecular flexibility index (Phi) is 5.09. The van der Waals surface area contributed by atoms with Crippen LogP contribution in [0.5, 0.6) is 0 Å². The third-order valence-corrected chi connectivity index (χ3v) is 8.12. The van der Waals surface area contributed by atoms with Gasteiger partial charge in [0, 0.05) is 50.1 Å². The molecule has 0 aliphatic carbocycles. The molecule has 0 saturated carbocycles. The first kappa shape index (κ1) is 19.7. The summed E-state index contributed by atoms with van der Waals surface area (Å²) in [6.07, 6.45) is 1.16. The fraction of sp³-hybridized carbons (Fsp3) is 0.250. The number of hydrogen-bond donors (Lipinski definition) is 0. The van der Waals surface area contributed by atoms with Crippen LogP contribution in [-0.4, -0.2) is 22.8 Å². The molecule has 0 unspecified atom stereocenters. The number of rotatable bonds is 5. The number of anilines is 1. The van der Waals surface area contributed by atoms with E-state index in [0.717, 1.165) is 23.0 Å². The molecule has 0 aliphatic rings. The van der Waals surface area contributed by atoms with Crippen molar-refractivity contribution in [1.82, 2.24) is 8.75 Å². The molecule has 0 saturated heterocycles. The average Bonchev–Trinajstić information content (AvgIpc) is 3.41. The van der Waals surface area contributed by atoms with Crippen molar-refractivity contribution in [3.8, 4) is 21.6 Å². The van der Waals surface area contributed by atoms with E-state index >= 15 is 0 Å². The van der Waals surface area contributed by atoms with Crippen molar-refractivity contribution in [2.24, 2.45) is 5.92 Å². The molecule has 2 aromatic carbocycles. The summed E-state index contributed by atoms with van der Waals surface area (Å²) >= 11 is 5.09. The Balaban J connectivity index is 1.55. The number of thiophene rings is 2. The van der Waals surface area contributed by atoms with E-state index in [-0.39, 0.29) is 0 Å². The van der Waals surface area contributed by atoms with Crippen molar-refractivity contribution < 1.29 is 0 Å². The van der Waals surface area contributed by atoms with E-state index in [0.29, 0.717) is 5.92 Å². The summed E-state index contributed by atoms with van der Waals surface area (Å²) in [6, 6.07) is 17.7. The van der Waals surface area contributed by atoms with Crippen LogP contribution in [0.25, 0.3) is 42.0 Å². The normalized spacial score (nSPS) is 11.8. The molecule has 0 radical (unpaired) electrons. The van der Waals surface area contributed by atoms with Gasteiger partial charge in [0.25, 0.3) is 0 Å². The van der Waals surface area contributed by atoms with Crippen molar-refractivity contribution in [2.75, 3.05) is 19.0 Å². The topological polar surface area (TPSA) is 29.0 Å². The van der Waals surface area contributed by atoms with Crippen LogP contribution in [0.15, 0.2) is 48.5 Å². The molecular weight excluding hydrogens is 426 g/mol. The van der Waals surface area contributed by atoms with E-state index in [1.54, 1.807) is 0 Å². The summed E-state index contributed by atoms with van der Waals surface area (Å²) in [7, 11) is 4.12. The minimum absolute atomic E-state index is 0.692. The fourth-order valence-corrected chi connectivity index (χ4v) is 6.99. The predicted molar refractivity (Wildman–Crippen MR) is 134 cm³/mol. The van der Waals surface area contributed by atoms with Crippen molar-refractivity contribution in [3.05, 3.63) is 53.4 Å². The summed E-state index contributed by atoms with van der Waals surface area (Å²) in [5.41, 5.74) is 6.70. The zero-order valence-corrected chi connectivity index (χ0v) is 19.9. The maximum Gasteiger partial charge on any atom is 0.114 e. The number of hydrogen-bond acceptors (Lipinski definition) is 6. The monoisotopic (exact) mass is 449 g/mol. The highest BCUT2D eigenvalue weighted by Gasteiger charge is 2.16. The van der Waals surface area contributed by atoms with Crippen LogP contribution in [0, 0.1) is 5.92 Å². The second-order valence-electron chi connectivity index (χ2n) is 8.21. The van der Waals surface area contributed by atoms with Gasteiger partial charge < -0.3 is 4.90 Å². The molecule has 0 amide bonds. The van der Waals surface area contributed by atoms with Crippen molar-refractivity contribution >= 4 is 60.5 Å². The number of fused-ring (bicyclic) bond motifs is 2. The smallest absolute Gasteiger partial charge is 0.114 e. The van der Waals surface area contributed by atoms with E-state index in [9.17, 15) is 0 Å². The van der Waals surface area contributed by atoms with Gasteiger partial charge in [-0.2, -0.15) is 8.75 Å². The number of aromatic nitrogens is 2. The summed E-state index contributed by atoms with van der Waals surface area (Å²) in [5, 5.41) is 0. The van der Waals surface area contributed by atoms with Gasteiger partial charge in [0.05, 0.1) is 11.7 Å². The molecule has 0 N–H and O–H groups in total. The van der Waals surface area contributed by atoms with Gasteiger partial charge in [-0.25, -0.2) is 0 Å². The summed E-state index contributed by atoms with van der Waals surface area (Å²) in [5.74, 6) is 0.692. The van der Waals surface area contributed by atoms with Gasteiger partial charge in [0.2, 0.25) is 0 Å². The molecule has 0 aliphatic heterocycles. The summed E-state index contributed by atoms with van der Waals surface area (Å²) in [6.45, 7) is 4.56. The van der Waals surface area contributed by atoms with E-state index in [1.807, 2.05) is 22.7 Å². The lowest BCUT2D eigenvalue weighted by atomic mass is 10.0. The Hall–Kier alpha value is -2.28. The third-order valence-electron chi connectivity index (χ3n) is 5.24. The Morgan fingerprint density at radius 2 is 1.50 bits per heavy atom. The average molecular weight is 450 g/mol. The first-order valence-electron chi connectivity index (χ1n) is 10.1. The second kappa shape index (κ2) is 7.76. The van der Waals surface area contributed by atoms with Crippen LogP contribution in [0.4, 0.5) is 5.69 Å². The fourth-order valence-electron chi connectivity index (χ4n) is 3.76. The maximum atomic E-state index is 4.67. The third kappa shape index (κ3) is 3.53. The molecule has 30 heavy (non-hydrogen) atoms. The molecule has 0 spiro atoms. The van der Waals surface area contributed by atoms with Gasteiger partial charge in [-0.15, -0.1) is 22.7 Å². The van der Waals surface area contributed by atoms with Gasteiger partial charge >= 0.3 is 0 Å². The van der Waals surface area contributed by atoms with Crippen molar-refractivity contribution in [3.63, 3.8) is 0 Å². The molecular formula is C24H23N3S3. The van der Waals surface area contributed by atoms with Crippen LogP contribution >= 0.6 is 34.4 Å². The van der Waals surface area contributed by atoms with E-state index < -0.39 is 0 Å². The largest absolute Gasteiger partial charge is 0.378 e. The molecule has 0 atom stereocenters. The SMILES string of the molecule is CC(C)Cc1cc2sc(-c3ccc(-c4ccc(N(C)C)cc4)c4nsnc34)cc2s1. The standard InChI is InChI=1S/C24H23N3S3/c1-14(2)11-17-12-21-22(28-17)13-20(29-21)19-10-9-18(23-24(19)26-30-25-23)15-5-7-16(8-6-15)27(3)4/h5-10,12-14H,11H2,1-4H3. The first-order chi connectivity index (χ1) is 14.5. The van der Waals surface area contributed by atoms with Crippen LogP contribution in [0.3, 0.4) is 0 Å². The minimum atomic E-state index is 0.692. The Labute approximate surface area is 189 Å². The molecule has 5 aromatic rings. The zero-order valence-electron chi connectivity index (χ0n) is 17.5. The number of nitrogens with zero attached hydrogens (tertiary/aromatic N) is 3. The van der Waals surface area contributed by atoms with Gasteiger partial charge in [-0.05, 0) is 42.2 Å². The molecule has 6 heteroatoms. The highest BCUT2D eigenvalue weighted by Crippen LogP contribution is 2.42. The lowest BCUT2D eigenvalue weighted by Gasteiger charge is -2.13. The summed E-state index contributed by atoms with van der Waals surface area (Å²) in [4.78, 5) is 4.87. The first-order valence-corrected chi connectivity index (χ1v) is 12.4. The van der Waals surface area contributed by atoms with E-state index in [4.69, 9.17) is 0 Å². The van der Waals surface area contributed by atoms with Gasteiger partial charge in [0.1, 0.15) is 11.0 Å². The molecule has 0 fully saturated rings. The quantitative estimate of drug-likeness (QED) is 0.277. The molecule has 3 nitrogen and oxygen atoms in total. The lowest BCUT2D eigenvalue weighted by molar-refractivity contribution is 0.654. The Morgan fingerprint density at radius 1 is 0.833 bits per heavy atom. The molecule has 3 aromatic heterocycles. The van der Waals surface area contributed by atoms with Gasteiger partial charge in [-0.1, -0.05) is 38.1 Å². The van der Waals surface area contributed by atoms with Crippen LogP contribution in [-0.2, 0) is 6.42 Å². The molecule has 152 valence electrons. The van der Waals surface area contributed by atoms with Gasteiger partial charge in [-0.3, -0.25) is 0 Å². The zero-order chi connectivity index (χ0) is 20.8. The second-order valence-corrected chi connectivity index (χ2v) is 11.0. The Bertz CT molecular complexity index is 1290. The highest BCUT2D eigenvalue weighted by molar-refractivity contribution is 7.29. The highest BCUT2D eigenvalue weighted by atomic mass is 32.1. The number of benzene rings is 2. The Morgan fingerprint density at radius 3 is 2.17 bits per heavy atom. The minimum Gasteiger partial charge on any atom is -0.378 e. The van der Waals surface area contributed by atoms with Crippen LogP contribution in [0.1, 0.15) is 18.7 Å². The van der Waals surface area contributed by atoms with Crippen molar-refractivity contribution in [1.29, 1.82) is 0 Å². The van der Waals surface area contributed by atoms with Crippen LogP contribution < -0.4 is 4.90 Å². The van der Waals surface area contributed by atoms with Crippen molar-refractivity contribution in [2.45, 2.75) is 20.3 Å². The van der Waals surface area contributed by atoms with E-state index in [2.05, 4.69) is 90.1 Å². The van der Waals surface area contributed by atoms with Gasteiger partial charge in [0.15, 0.2) is 0 Å². The predicted octanol–water partition coefficient (Wildman–Crippen LogP) is 7.57. The lowest BCUT2D eigenvalue weighted by Crippen LogP contribution is -2.07. The van der Waals surface area contributed by atoms with E-state index in [1.165, 1.54) is 47.7 Å². The molecule has 3 heterocycles. The van der Waals surface area contributed by atoms with Crippen LogP contribution in [0.2, 0.25) is 0 Å². The molecule has 5 rings (SSSR count). The summed E-state index contributed by atoms with van der Waals surface area (Å²) < 4.78 is 12.1. The molecule has 0 bridgehead atoms.